The minimum absolute atomic E-state index is 0.0584. The second-order valence-corrected chi connectivity index (χ2v) is 7.08. The lowest BCUT2D eigenvalue weighted by molar-refractivity contribution is -0.132. The van der Waals surface area contributed by atoms with Crippen molar-refractivity contribution in [3.63, 3.8) is 0 Å². The highest BCUT2D eigenvalue weighted by Crippen LogP contribution is 2.23. The first kappa shape index (κ1) is 21.6. The van der Waals surface area contributed by atoms with Crippen molar-refractivity contribution in [3.8, 4) is 0 Å². The van der Waals surface area contributed by atoms with Gasteiger partial charge < -0.3 is 9.80 Å². The SMILES string of the molecule is CN1CCN(c2cccc(F)c2)C(Cc2ccc(C(=O)NNC(=O)C(F)F)cn2)C1. The highest BCUT2D eigenvalue weighted by Gasteiger charge is 2.26. The lowest BCUT2D eigenvalue weighted by Crippen LogP contribution is -2.53. The fourth-order valence-electron chi connectivity index (χ4n) is 3.35. The highest BCUT2D eigenvalue weighted by molar-refractivity contribution is 5.95. The van der Waals surface area contributed by atoms with Crippen molar-refractivity contribution in [1.29, 1.82) is 0 Å². The van der Waals surface area contributed by atoms with Crippen LogP contribution in [0.3, 0.4) is 0 Å². The topological polar surface area (TPSA) is 77.6 Å². The molecule has 7 nitrogen and oxygen atoms in total. The molecule has 1 saturated heterocycles. The molecule has 1 fully saturated rings. The van der Waals surface area contributed by atoms with Gasteiger partial charge in [0, 0.05) is 49.7 Å². The Labute approximate surface area is 171 Å². The summed E-state index contributed by atoms with van der Waals surface area (Å²) >= 11 is 0. The fraction of sp³-hybridized carbons (Fsp3) is 0.350. The van der Waals surface area contributed by atoms with Crippen molar-refractivity contribution in [2.75, 3.05) is 31.6 Å². The molecule has 2 N–H and O–H groups in total. The van der Waals surface area contributed by atoms with Gasteiger partial charge in [-0.1, -0.05) is 6.07 Å². The zero-order chi connectivity index (χ0) is 21.7. The number of aromatic nitrogens is 1. The number of rotatable bonds is 5. The molecule has 3 rings (SSSR count). The van der Waals surface area contributed by atoms with Crippen LogP contribution >= 0.6 is 0 Å². The number of halogens is 3. The fourth-order valence-corrected chi connectivity index (χ4v) is 3.35. The Bertz CT molecular complexity index is 894. The number of anilines is 1. The normalized spacial score (nSPS) is 17.1. The van der Waals surface area contributed by atoms with Crippen molar-refractivity contribution >= 4 is 17.5 Å². The number of piperazine rings is 1. The highest BCUT2D eigenvalue weighted by atomic mass is 19.3. The van der Waals surface area contributed by atoms with Crippen molar-refractivity contribution in [2.45, 2.75) is 18.9 Å². The molecule has 10 heteroatoms. The molecule has 0 bridgehead atoms. The number of nitrogens with one attached hydrogen (secondary N) is 2. The van der Waals surface area contributed by atoms with Gasteiger partial charge >= 0.3 is 12.3 Å². The maximum atomic E-state index is 13.7. The third-order valence-electron chi connectivity index (χ3n) is 4.85. The van der Waals surface area contributed by atoms with Gasteiger partial charge in [-0.3, -0.25) is 25.4 Å². The first-order valence-electron chi connectivity index (χ1n) is 9.37. The minimum atomic E-state index is -3.22. The number of hydrazine groups is 1. The van der Waals surface area contributed by atoms with Gasteiger partial charge in [0.2, 0.25) is 0 Å². The first-order valence-corrected chi connectivity index (χ1v) is 9.37. The van der Waals surface area contributed by atoms with Gasteiger partial charge in [0.25, 0.3) is 5.91 Å². The number of carbonyl (C=O) groups excluding carboxylic acids is 2. The molecule has 30 heavy (non-hydrogen) atoms. The van der Waals surface area contributed by atoms with Crippen LogP contribution in [0.5, 0.6) is 0 Å². The van der Waals surface area contributed by atoms with Gasteiger partial charge in [0.15, 0.2) is 0 Å². The van der Waals surface area contributed by atoms with Crippen LogP contribution in [0.25, 0.3) is 0 Å². The molecule has 1 unspecified atom stereocenters. The summed E-state index contributed by atoms with van der Waals surface area (Å²) in [7, 11) is 2.02. The van der Waals surface area contributed by atoms with Gasteiger partial charge in [-0.15, -0.1) is 0 Å². The third-order valence-corrected chi connectivity index (χ3v) is 4.85. The average molecular weight is 421 g/mol. The van der Waals surface area contributed by atoms with E-state index in [0.29, 0.717) is 6.42 Å². The van der Waals surface area contributed by atoms with E-state index < -0.39 is 18.2 Å². The molecule has 0 saturated carbocycles. The van der Waals surface area contributed by atoms with Gasteiger partial charge in [0.1, 0.15) is 5.82 Å². The largest absolute Gasteiger partial charge is 0.365 e. The number of pyridine rings is 1. The summed E-state index contributed by atoms with van der Waals surface area (Å²) < 4.78 is 38.0. The molecule has 1 aromatic heterocycles. The standard InChI is InChI=1S/C20H22F3N5O2/c1-27-7-8-28(16-4-2-3-14(21)9-16)17(12-27)10-15-6-5-13(11-24-15)19(29)25-26-20(30)18(22)23/h2-6,9,11,17-18H,7-8,10,12H2,1H3,(H,25,29)(H,26,30). The minimum Gasteiger partial charge on any atom is -0.365 e. The van der Waals surface area contributed by atoms with E-state index in [-0.39, 0.29) is 17.4 Å². The number of hydrogen-bond donors (Lipinski definition) is 2. The number of amides is 2. The number of likely N-dealkylation sites (N-methyl/N-ethyl adjacent to an activating group) is 1. The van der Waals surface area contributed by atoms with Crippen LogP contribution in [-0.4, -0.2) is 60.8 Å². The predicted octanol–water partition coefficient (Wildman–Crippen LogP) is 1.61. The van der Waals surface area contributed by atoms with Crippen LogP contribution in [0.2, 0.25) is 0 Å². The summed E-state index contributed by atoms with van der Waals surface area (Å²) in [5.74, 6) is -2.63. The Morgan fingerprint density at radius 1 is 1.20 bits per heavy atom. The molecule has 0 radical (unpaired) electrons. The van der Waals surface area contributed by atoms with E-state index in [2.05, 4.69) is 14.8 Å². The van der Waals surface area contributed by atoms with Crippen LogP contribution in [0.15, 0.2) is 42.6 Å². The second-order valence-electron chi connectivity index (χ2n) is 7.08. The molecule has 2 aromatic rings. The van der Waals surface area contributed by atoms with Crippen LogP contribution in [-0.2, 0) is 11.2 Å². The van der Waals surface area contributed by atoms with Gasteiger partial charge in [-0.05, 0) is 37.4 Å². The van der Waals surface area contributed by atoms with E-state index in [1.165, 1.54) is 24.4 Å². The smallest absolute Gasteiger partial charge is 0.317 e. The maximum Gasteiger partial charge on any atom is 0.317 e. The van der Waals surface area contributed by atoms with E-state index in [4.69, 9.17) is 0 Å². The zero-order valence-corrected chi connectivity index (χ0v) is 16.3. The van der Waals surface area contributed by atoms with E-state index in [1.54, 1.807) is 17.6 Å². The lowest BCUT2D eigenvalue weighted by Gasteiger charge is -2.41. The monoisotopic (exact) mass is 421 g/mol. The second kappa shape index (κ2) is 9.57. The van der Waals surface area contributed by atoms with Crippen molar-refractivity contribution in [1.82, 2.24) is 20.7 Å². The molecular formula is C20H22F3N5O2. The quantitative estimate of drug-likeness (QED) is 0.718. The number of hydrogen-bond acceptors (Lipinski definition) is 5. The summed E-state index contributed by atoms with van der Waals surface area (Å²) in [6, 6.07) is 9.70. The van der Waals surface area contributed by atoms with E-state index in [0.717, 1.165) is 31.0 Å². The molecule has 2 amide bonds. The van der Waals surface area contributed by atoms with Crippen molar-refractivity contribution in [3.05, 3.63) is 59.7 Å². The molecular weight excluding hydrogens is 399 g/mol. The van der Waals surface area contributed by atoms with Gasteiger partial charge in [0.05, 0.1) is 5.56 Å². The van der Waals surface area contributed by atoms with Crippen LogP contribution in [0, 0.1) is 5.82 Å². The molecule has 0 aliphatic carbocycles. The molecule has 1 aromatic carbocycles. The van der Waals surface area contributed by atoms with Crippen LogP contribution < -0.4 is 15.8 Å². The Balaban J connectivity index is 1.66. The summed E-state index contributed by atoms with van der Waals surface area (Å²) in [5, 5.41) is 0. The molecule has 1 aliphatic heterocycles. The van der Waals surface area contributed by atoms with E-state index in [9.17, 15) is 22.8 Å². The van der Waals surface area contributed by atoms with Crippen molar-refractivity contribution in [2.24, 2.45) is 0 Å². The molecule has 2 heterocycles. The lowest BCUT2D eigenvalue weighted by atomic mass is 10.0. The summed E-state index contributed by atoms with van der Waals surface area (Å²) in [6.45, 7) is 2.36. The Morgan fingerprint density at radius 3 is 2.67 bits per heavy atom. The van der Waals surface area contributed by atoms with Crippen LogP contribution in [0.1, 0.15) is 16.1 Å². The number of nitrogens with zero attached hydrogens (tertiary/aromatic N) is 3. The van der Waals surface area contributed by atoms with Gasteiger partial charge in [-0.2, -0.15) is 8.78 Å². The van der Waals surface area contributed by atoms with E-state index in [1.807, 2.05) is 18.5 Å². The number of alkyl halides is 2. The third kappa shape index (κ3) is 5.47. The molecule has 1 aliphatic rings. The van der Waals surface area contributed by atoms with Crippen molar-refractivity contribution < 1.29 is 22.8 Å². The summed E-state index contributed by atoms with van der Waals surface area (Å²) in [6.07, 6.45) is -1.33. The summed E-state index contributed by atoms with van der Waals surface area (Å²) in [4.78, 5) is 31.4. The zero-order valence-electron chi connectivity index (χ0n) is 16.3. The maximum absolute atomic E-state index is 13.7. The Hall–Kier alpha value is -3.14. The van der Waals surface area contributed by atoms with Gasteiger partial charge in [-0.25, -0.2) is 4.39 Å². The predicted molar refractivity (Wildman–Crippen MR) is 105 cm³/mol. The Morgan fingerprint density at radius 2 is 2.00 bits per heavy atom. The summed E-state index contributed by atoms with van der Waals surface area (Å²) in [5.41, 5.74) is 5.20. The molecule has 0 spiro atoms. The first-order chi connectivity index (χ1) is 14.3. The van der Waals surface area contributed by atoms with E-state index >= 15 is 0 Å². The average Bonchev–Trinajstić information content (AvgIpc) is 2.72. The molecule has 160 valence electrons. The molecule has 1 atom stereocenters. The number of benzene rings is 1. The number of carbonyl (C=O) groups is 2. The van der Waals surface area contributed by atoms with Crippen LogP contribution in [0.4, 0.5) is 18.9 Å². The Kier molecular flexibility index (Phi) is 6.88.